The third-order valence-corrected chi connectivity index (χ3v) is 2.33. The van der Waals surface area contributed by atoms with Gasteiger partial charge in [0, 0.05) is 29.7 Å². The molecule has 0 spiro atoms. The van der Waals surface area contributed by atoms with Gasteiger partial charge in [0.2, 0.25) is 0 Å². The van der Waals surface area contributed by atoms with Crippen molar-refractivity contribution in [2.75, 3.05) is 0 Å². The molecule has 2 rings (SSSR count). The van der Waals surface area contributed by atoms with E-state index in [9.17, 15) is 10.2 Å². The van der Waals surface area contributed by atoms with Gasteiger partial charge in [-0.25, -0.2) is 0 Å². The number of benzene rings is 1. The Balaban J connectivity index is 2.45. The summed E-state index contributed by atoms with van der Waals surface area (Å²) in [5.41, 5.74) is 6.04. The second-order valence-corrected chi connectivity index (χ2v) is 3.40. The zero-order valence-corrected chi connectivity index (χ0v) is 6.94. The van der Waals surface area contributed by atoms with Crippen molar-refractivity contribution in [3.05, 3.63) is 17.7 Å². The molecule has 1 saturated carbocycles. The van der Waals surface area contributed by atoms with E-state index in [1.807, 2.05) is 0 Å². The second kappa shape index (κ2) is 2.53. The van der Waals surface area contributed by atoms with Gasteiger partial charge in [-0.3, -0.25) is 0 Å². The van der Waals surface area contributed by atoms with Crippen molar-refractivity contribution in [1.82, 2.24) is 0 Å². The summed E-state index contributed by atoms with van der Waals surface area (Å²) in [4.78, 5) is 0. The Bertz CT molecular complexity index is 328. The molecule has 0 aliphatic heterocycles. The van der Waals surface area contributed by atoms with E-state index >= 15 is 0 Å². The van der Waals surface area contributed by atoms with Gasteiger partial charge in [-0.05, 0) is 6.42 Å². The normalized spacial score (nSPS) is 25.9. The first-order chi connectivity index (χ1) is 6.09. The molecule has 0 amide bonds. The van der Waals surface area contributed by atoms with Crippen LogP contribution in [-0.4, -0.2) is 21.4 Å². The second-order valence-electron chi connectivity index (χ2n) is 3.40. The quantitative estimate of drug-likeness (QED) is 0.511. The van der Waals surface area contributed by atoms with Gasteiger partial charge in [0.25, 0.3) is 0 Å². The molecule has 13 heavy (non-hydrogen) atoms. The van der Waals surface area contributed by atoms with Crippen LogP contribution in [0.15, 0.2) is 12.1 Å². The molecule has 0 radical (unpaired) electrons. The summed E-state index contributed by atoms with van der Waals surface area (Å²) < 4.78 is 0. The summed E-state index contributed by atoms with van der Waals surface area (Å²) in [5, 5.41) is 27.9. The highest BCUT2D eigenvalue weighted by molar-refractivity contribution is 5.53. The largest absolute Gasteiger partial charge is 0.508 e. The zero-order chi connectivity index (χ0) is 9.59. The van der Waals surface area contributed by atoms with Crippen molar-refractivity contribution < 1.29 is 15.3 Å². The van der Waals surface area contributed by atoms with Crippen LogP contribution in [0.3, 0.4) is 0 Å². The molecule has 1 aliphatic carbocycles. The van der Waals surface area contributed by atoms with Crippen molar-refractivity contribution in [2.24, 2.45) is 5.73 Å². The number of hydrogen-bond acceptors (Lipinski definition) is 4. The fourth-order valence-corrected chi connectivity index (χ4v) is 1.54. The first-order valence-corrected chi connectivity index (χ1v) is 4.10. The van der Waals surface area contributed by atoms with Crippen LogP contribution in [0.4, 0.5) is 0 Å². The van der Waals surface area contributed by atoms with Crippen molar-refractivity contribution in [1.29, 1.82) is 0 Å². The van der Waals surface area contributed by atoms with E-state index in [4.69, 9.17) is 10.8 Å². The molecule has 4 heteroatoms. The number of aromatic hydroxyl groups is 3. The van der Waals surface area contributed by atoms with Crippen LogP contribution >= 0.6 is 0 Å². The average Bonchev–Trinajstić information content (AvgIpc) is 2.64. The topological polar surface area (TPSA) is 86.7 Å². The van der Waals surface area contributed by atoms with Crippen LogP contribution in [-0.2, 0) is 0 Å². The molecule has 1 aromatic rings. The van der Waals surface area contributed by atoms with E-state index in [0.29, 0.717) is 5.56 Å². The smallest absolute Gasteiger partial charge is 0.126 e. The lowest BCUT2D eigenvalue weighted by atomic mass is 10.1. The Morgan fingerprint density at radius 3 is 2.00 bits per heavy atom. The molecule has 2 unspecified atom stereocenters. The predicted molar refractivity (Wildman–Crippen MR) is 46.8 cm³/mol. The lowest BCUT2D eigenvalue weighted by Gasteiger charge is -2.06. The fraction of sp³-hybridized carbons (Fsp3) is 0.333. The van der Waals surface area contributed by atoms with Gasteiger partial charge in [0.1, 0.15) is 17.2 Å². The maximum absolute atomic E-state index is 9.42. The van der Waals surface area contributed by atoms with Crippen LogP contribution in [0.2, 0.25) is 0 Å². The minimum atomic E-state index is -0.145. The van der Waals surface area contributed by atoms with Gasteiger partial charge in [-0.2, -0.15) is 0 Å². The Kier molecular flexibility index (Phi) is 1.60. The first kappa shape index (κ1) is 8.19. The maximum Gasteiger partial charge on any atom is 0.126 e. The predicted octanol–water partition coefficient (Wildman–Crippen LogP) is 0.618. The minimum absolute atomic E-state index is 0.0151. The van der Waals surface area contributed by atoms with E-state index < -0.39 is 0 Å². The molecule has 1 aromatic carbocycles. The van der Waals surface area contributed by atoms with Gasteiger partial charge < -0.3 is 21.1 Å². The molecule has 1 fully saturated rings. The molecule has 2 atom stereocenters. The Morgan fingerprint density at radius 2 is 1.62 bits per heavy atom. The Hall–Kier alpha value is -1.42. The van der Waals surface area contributed by atoms with E-state index in [0.717, 1.165) is 6.42 Å². The molecule has 0 saturated heterocycles. The molecule has 70 valence electrons. The standard InChI is InChI=1S/C9H11NO3/c10-6-3-5(6)9-7(12)1-4(11)2-8(9)13/h1-2,5-6,11-13H,3,10H2. The van der Waals surface area contributed by atoms with Crippen molar-refractivity contribution in [2.45, 2.75) is 18.4 Å². The molecule has 4 nitrogen and oxygen atoms in total. The molecule has 0 heterocycles. The van der Waals surface area contributed by atoms with Gasteiger partial charge in [0.05, 0.1) is 0 Å². The van der Waals surface area contributed by atoms with E-state index in [1.165, 1.54) is 12.1 Å². The maximum atomic E-state index is 9.42. The summed E-state index contributed by atoms with van der Waals surface area (Å²) in [7, 11) is 0. The third-order valence-electron chi connectivity index (χ3n) is 2.33. The highest BCUT2D eigenvalue weighted by atomic mass is 16.3. The number of phenols is 3. The highest BCUT2D eigenvalue weighted by Crippen LogP contribution is 2.48. The number of phenolic OH excluding ortho intramolecular Hbond substituents is 3. The molecule has 0 bridgehead atoms. The van der Waals surface area contributed by atoms with Crippen molar-refractivity contribution >= 4 is 0 Å². The van der Waals surface area contributed by atoms with Crippen LogP contribution in [0, 0.1) is 0 Å². The Labute approximate surface area is 75.2 Å². The number of nitrogens with two attached hydrogens (primary N) is 1. The number of rotatable bonds is 1. The van der Waals surface area contributed by atoms with Gasteiger partial charge in [0.15, 0.2) is 0 Å². The van der Waals surface area contributed by atoms with Crippen molar-refractivity contribution in [3.63, 3.8) is 0 Å². The lowest BCUT2D eigenvalue weighted by Crippen LogP contribution is -2.01. The minimum Gasteiger partial charge on any atom is -0.508 e. The summed E-state index contributed by atoms with van der Waals surface area (Å²) in [5.74, 6) is -0.292. The fourth-order valence-electron chi connectivity index (χ4n) is 1.54. The van der Waals surface area contributed by atoms with E-state index in [1.54, 1.807) is 0 Å². The summed E-state index contributed by atoms with van der Waals surface area (Å²) in [6, 6.07) is 2.43. The van der Waals surface area contributed by atoms with Crippen LogP contribution in [0.5, 0.6) is 17.2 Å². The van der Waals surface area contributed by atoms with Gasteiger partial charge in [-0.15, -0.1) is 0 Å². The molecule has 5 N–H and O–H groups in total. The molecular weight excluding hydrogens is 170 g/mol. The lowest BCUT2D eigenvalue weighted by molar-refractivity contribution is 0.419. The zero-order valence-electron chi connectivity index (χ0n) is 6.94. The first-order valence-electron chi connectivity index (χ1n) is 4.10. The number of hydrogen-bond donors (Lipinski definition) is 4. The van der Waals surface area contributed by atoms with Gasteiger partial charge in [-0.1, -0.05) is 0 Å². The van der Waals surface area contributed by atoms with E-state index in [-0.39, 0.29) is 29.2 Å². The average molecular weight is 181 g/mol. The van der Waals surface area contributed by atoms with Crippen molar-refractivity contribution in [3.8, 4) is 17.2 Å². The van der Waals surface area contributed by atoms with Gasteiger partial charge >= 0.3 is 0 Å². The van der Waals surface area contributed by atoms with Crippen LogP contribution < -0.4 is 5.73 Å². The summed E-state index contributed by atoms with van der Waals surface area (Å²) in [6.07, 6.45) is 0.770. The SMILES string of the molecule is NC1CC1c1c(O)cc(O)cc1O. The van der Waals surface area contributed by atoms with E-state index in [2.05, 4.69) is 0 Å². The third kappa shape index (κ3) is 1.29. The highest BCUT2D eigenvalue weighted by Gasteiger charge is 2.38. The Morgan fingerprint density at radius 1 is 1.15 bits per heavy atom. The molecule has 1 aliphatic rings. The molecule has 0 aromatic heterocycles. The monoisotopic (exact) mass is 181 g/mol. The molecular formula is C9H11NO3. The van der Waals surface area contributed by atoms with Crippen LogP contribution in [0.1, 0.15) is 17.9 Å². The summed E-state index contributed by atoms with van der Waals surface area (Å²) >= 11 is 0. The van der Waals surface area contributed by atoms with Crippen LogP contribution in [0.25, 0.3) is 0 Å². The summed E-state index contributed by atoms with van der Waals surface area (Å²) in [6.45, 7) is 0.